The van der Waals surface area contributed by atoms with Crippen molar-refractivity contribution in [2.24, 2.45) is 11.7 Å². The Bertz CT molecular complexity index is 584. The molecule has 1 aromatic rings. The first-order chi connectivity index (χ1) is 9.45. The van der Waals surface area contributed by atoms with Gasteiger partial charge >= 0.3 is 0 Å². The standard InChI is InChI=1S/C13H18F2N2O2S/c14-11-5-6-12(13(15)10(11)7-16)20(18,19)17-8-9-3-1-2-4-9/h5-6,9,17H,1-4,7-8,16H2. The number of benzene rings is 1. The van der Waals surface area contributed by atoms with Gasteiger partial charge in [0.05, 0.1) is 0 Å². The average Bonchev–Trinajstić information content (AvgIpc) is 2.90. The van der Waals surface area contributed by atoms with Crippen LogP contribution in [0.4, 0.5) is 8.78 Å². The van der Waals surface area contributed by atoms with E-state index in [-0.39, 0.29) is 13.1 Å². The number of nitrogens with one attached hydrogen (secondary N) is 1. The zero-order valence-electron chi connectivity index (χ0n) is 11.0. The lowest BCUT2D eigenvalue weighted by Crippen LogP contribution is -2.29. The Balaban J connectivity index is 2.20. The summed E-state index contributed by atoms with van der Waals surface area (Å²) in [6.07, 6.45) is 4.13. The molecule has 0 amide bonds. The van der Waals surface area contributed by atoms with Gasteiger partial charge in [-0.05, 0) is 30.9 Å². The zero-order valence-corrected chi connectivity index (χ0v) is 11.8. The number of halogens is 2. The molecule has 0 unspecified atom stereocenters. The van der Waals surface area contributed by atoms with E-state index >= 15 is 0 Å². The minimum atomic E-state index is -3.97. The highest BCUT2D eigenvalue weighted by atomic mass is 32.2. The van der Waals surface area contributed by atoms with Crippen LogP contribution in [0.2, 0.25) is 0 Å². The second-order valence-electron chi connectivity index (χ2n) is 5.04. The predicted octanol–water partition coefficient (Wildman–Crippen LogP) is 1.89. The van der Waals surface area contributed by atoms with Crippen LogP contribution in [0, 0.1) is 17.6 Å². The van der Waals surface area contributed by atoms with E-state index in [0.29, 0.717) is 5.92 Å². The summed E-state index contributed by atoms with van der Waals surface area (Å²) in [5, 5.41) is 0. The Hall–Kier alpha value is -1.05. The molecular weight excluding hydrogens is 286 g/mol. The van der Waals surface area contributed by atoms with Crippen LogP contribution in [0.1, 0.15) is 31.2 Å². The smallest absolute Gasteiger partial charge is 0.243 e. The first kappa shape index (κ1) is 15.3. The molecule has 4 nitrogen and oxygen atoms in total. The van der Waals surface area contributed by atoms with Gasteiger partial charge < -0.3 is 5.73 Å². The minimum absolute atomic E-state index is 0.289. The Morgan fingerprint density at radius 1 is 1.25 bits per heavy atom. The second-order valence-corrected chi connectivity index (χ2v) is 6.78. The van der Waals surface area contributed by atoms with Crippen molar-refractivity contribution in [1.29, 1.82) is 0 Å². The van der Waals surface area contributed by atoms with Gasteiger partial charge in [0.25, 0.3) is 0 Å². The monoisotopic (exact) mass is 304 g/mol. The van der Waals surface area contributed by atoms with Crippen LogP contribution < -0.4 is 10.5 Å². The maximum atomic E-state index is 14.0. The topological polar surface area (TPSA) is 72.2 Å². The maximum absolute atomic E-state index is 14.0. The molecule has 2 rings (SSSR count). The number of hydrogen-bond acceptors (Lipinski definition) is 3. The molecule has 1 saturated carbocycles. The van der Waals surface area contributed by atoms with Crippen molar-refractivity contribution in [2.45, 2.75) is 37.1 Å². The molecule has 0 aliphatic heterocycles. The molecule has 0 spiro atoms. The molecule has 0 heterocycles. The molecule has 0 bridgehead atoms. The number of nitrogens with two attached hydrogens (primary N) is 1. The van der Waals surface area contributed by atoms with Crippen LogP contribution in [-0.2, 0) is 16.6 Å². The van der Waals surface area contributed by atoms with E-state index in [1.54, 1.807) is 0 Å². The van der Waals surface area contributed by atoms with Crippen LogP contribution in [0.15, 0.2) is 17.0 Å². The molecular formula is C13H18F2N2O2S. The van der Waals surface area contributed by atoms with Crippen molar-refractivity contribution in [3.63, 3.8) is 0 Å². The van der Waals surface area contributed by atoms with Crippen LogP contribution in [0.3, 0.4) is 0 Å². The second kappa shape index (κ2) is 6.15. The number of sulfonamides is 1. The fraction of sp³-hybridized carbons (Fsp3) is 0.538. The van der Waals surface area contributed by atoms with Crippen LogP contribution in [0.5, 0.6) is 0 Å². The van der Waals surface area contributed by atoms with E-state index in [2.05, 4.69) is 4.72 Å². The van der Waals surface area contributed by atoms with Gasteiger partial charge in [0.2, 0.25) is 10.0 Å². The summed E-state index contributed by atoms with van der Waals surface area (Å²) in [7, 11) is -3.97. The van der Waals surface area contributed by atoms with Crippen molar-refractivity contribution in [3.8, 4) is 0 Å². The molecule has 7 heteroatoms. The fourth-order valence-corrected chi connectivity index (χ4v) is 3.71. The summed E-state index contributed by atoms with van der Waals surface area (Å²) < 4.78 is 53.9. The van der Waals surface area contributed by atoms with Gasteiger partial charge in [-0.25, -0.2) is 21.9 Å². The third-order valence-electron chi connectivity index (χ3n) is 3.68. The maximum Gasteiger partial charge on any atom is 0.243 e. The van der Waals surface area contributed by atoms with Crippen LogP contribution in [0.25, 0.3) is 0 Å². The Kier molecular flexibility index (Phi) is 4.72. The summed E-state index contributed by atoms with van der Waals surface area (Å²) >= 11 is 0. The van der Waals surface area contributed by atoms with Crippen LogP contribution in [-0.4, -0.2) is 15.0 Å². The molecule has 1 aliphatic carbocycles. The first-order valence-corrected chi connectivity index (χ1v) is 8.10. The van der Waals surface area contributed by atoms with Crippen LogP contribution >= 0.6 is 0 Å². The van der Waals surface area contributed by atoms with Crippen molar-refractivity contribution in [3.05, 3.63) is 29.3 Å². The molecule has 0 saturated heterocycles. The molecule has 0 radical (unpaired) electrons. The third-order valence-corrected chi connectivity index (χ3v) is 5.12. The van der Waals surface area contributed by atoms with Gasteiger partial charge in [-0.1, -0.05) is 12.8 Å². The summed E-state index contributed by atoms with van der Waals surface area (Å²) in [6, 6.07) is 1.86. The lowest BCUT2D eigenvalue weighted by molar-refractivity contribution is 0.506. The lowest BCUT2D eigenvalue weighted by atomic mass is 10.1. The molecule has 1 fully saturated rings. The van der Waals surface area contributed by atoms with E-state index in [1.165, 1.54) is 0 Å². The SMILES string of the molecule is NCc1c(F)ccc(S(=O)(=O)NCC2CCCC2)c1F. The highest BCUT2D eigenvalue weighted by Gasteiger charge is 2.24. The van der Waals surface area contributed by atoms with E-state index in [0.717, 1.165) is 37.8 Å². The van der Waals surface area contributed by atoms with Gasteiger partial charge in [0.1, 0.15) is 10.7 Å². The number of hydrogen-bond donors (Lipinski definition) is 2. The highest BCUT2D eigenvalue weighted by molar-refractivity contribution is 7.89. The molecule has 0 atom stereocenters. The quantitative estimate of drug-likeness (QED) is 0.872. The zero-order chi connectivity index (χ0) is 14.8. The Morgan fingerprint density at radius 3 is 2.50 bits per heavy atom. The number of rotatable bonds is 5. The minimum Gasteiger partial charge on any atom is -0.326 e. The molecule has 112 valence electrons. The fourth-order valence-electron chi connectivity index (χ4n) is 2.49. The van der Waals surface area contributed by atoms with Crippen molar-refractivity contribution < 1.29 is 17.2 Å². The normalized spacial score (nSPS) is 16.8. The summed E-state index contributed by atoms with van der Waals surface area (Å²) in [5.41, 5.74) is 4.83. The van der Waals surface area contributed by atoms with Gasteiger partial charge in [0.15, 0.2) is 5.82 Å². The van der Waals surface area contributed by atoms with Gasteiger partial charge in [-0.2, -0.15) is 0 Å². The van der Waals surface area contributed by atoms with Crippen molar-refractivity contribution in [1.82, 2.24) is 4.72 Å². The lowest BCUT2D eigenvalue weighted by Gasteiger charge is -2.13. The molecule has 1 aliphatic rings. The van der Waals surface area contributed by atoms with E-state index in [4.69, 9.17) is 5.73 Å². The molecule has 3 N–H and O–H groups in total. The van der Waals surface area contributed by atoms with Gasteiger partial charge in [-0.3, -0.25) is 0 Å². The predicted molar refractivity (Wildman–Crippen MR) is 71.4 cm³/mol. The molecule has 20 heavy (non-hydrogen) atoms. The summed E-state index contributed by atoms with van der Waals surface area (Å²) in [4.78, 5) is -0.544. The third kappa shape index (κ3) is 3.16. The van der Waals surface area contributed by atoms with E-state index in [9.17, 15) is 17.2 Å². The largest absolute Gasteiger partial charge is 0.326 e. The van der Waals surface area contributed by atoms with Crippen molar-refractivity contribution in [2.75, 3.05) is 6.54 Å². The van der Waals surface area contributed by atoms with E-state index < -0.39 is 32.1 Å². The molecule has 0 aromatic heterocycles. The van der Waals surface area contributed by atoms with Gasteiger partial charge in [-0.15, -0.1) is 0 Å². The Labute approximate surface area is 117 Å². The van der Waals surface area contributed by atoms with E-state index in [1.807, 2.05) is 0 Å². The Morgan fingerprint density at radius 2 is 1.90 bits per heavy atom. The summed E-state index contributed by atoms with van der Waals surface area (Å²) in [6.45, 7) is -0.0965. The van der Waals surface area contributed by atoms with Crippen molar-refractivity contribution >= 4 is 10.0 Å². The average molecular weight is 304 g/mol. The first-order valence-electron chi connectivity index (χ1n) is 6.62. The molecule has 1 aromatic carbocycles. The summed E-state index contributed by atoms with van der Waals surface area (Å²) in [5.74, 6) is -1.64. The highest BCUT2D eigenvalue weighted by Crippen LogP contribution is 2.25. The van der Waals surface area contributed by atoms with Gasteiger partial charge in [0, 0.05) is 18.7 Å².